The second-order valence-corrected chi connectivity index (χ2v) is 7.31. The molecule has 0 aliphatic carbocycles. The van der Waals surface area contributed by atoms with E-state index in [4.69, 9.17) is 4.74 Å². The van der Waals surface area contributed by atoms with Crippen LogP contribution in [0.25, 0.3) is 0 Å². The number of hydrogen-bond donors (Lipinski definition) is 1. The summed E-state index contributed by atoms with van der Waals surface area (Å²) in [4.78, 5) is 18.0. The first kappa shape index (κ1) is 20.9. The molecule has 3 aromatic rings. The highest BCUT2D eigenvalue weighted by molar-refractivity contribution is 5.64. The van der Waals surface area contributed by atoms with E-state index in [9.17, 15) is 18.0 Å². The van der Waals surface area contributed by atoms with E-state index in [2.05, 4.69) is 15.2 Å². The summed E-state index contributed by atoms with van der Waals surface area (Å²) in [6, 6.07) is 8.97. The highest BCUT2D eigenvalue weighted by atomic mass is 19.2. The number of aryl methyl sites for hydroxylation is 1. The van der Waals surface area contributed by atoms with Crippen molar-refractivity contribution in [1.82, 2.24) is 9.55 Å². The van der Waals surface area contributed by atoms with Gasteiger partial charge < -0.3 is 19.5 Å². The van der Waals surface area contributed by atoms with Crippen LogP contribution in [-0.2, 0) is 11.3 Å². The Morgan fingerprint density at radius 2 is 1.77 bits per heavy atom. The monoisotopic (exact) mass is 430 g/mol. The smallest absolute Gasteiger partial charge is 0.274 e. The van der Waals surface area contributed by atoms with E-state index in [-0.39, 0.29) is 18.1 Å². The Balaban J connectivity index is 1.60. The molecule has 0 amide bonds. The van der Waals surface area contributed by atoms with Crippen molar-refractivity contribution in [2.75, 3.05) is 36.5 Å². The summed E-state index contributed by atoms with van der Waals surface area (Å²) in [6.07, 6.45) is 1.47. The van der Waals surface area contributed by atoms with Crippen LogP contribution in [-0.4, -0.2) is 35.9 Å². The maximum Gasteiger partial charge on any atom is 0.274 e. The van der Waals surface area contributed by atoms with Crippen molar-refractivity contribution >= 4 is 17.3 Å². The van der Waals surface area contributed by atoms with Gasteiger partial charge in [-0.1, -0.05) is 0 Å². The van der Waals surface area contributed by atoms with Gasteiger partial charge >= 0.3 is 0 Å². The molecule has 1 aliphatic rings. The molecule has 6 nitrogen and oxygen atoms in total. The second kappa shape index (κ2) is 8.81. The SMILES string of the molecule is Cc1cc(N2CCOCC2)ccc1Nc1nc(=O)ccn1Cc1cc(F)c(F)c(F)c1. The van der Waals surface area contributed by atoms with Crippen molar-refractivity contribution in [3.8, 4) is 0 Å². The van der Waals surface area contributed by atoms with Crippen molar-refractivity contribution in [2.24, 2.45) is 0 Å². The van der Waals surface area contributed by atoms with E-state index in [1.54, 1.807) is 0 Å². The number of aromatic nitrogens is 2. The number of nitrogens with one attached hydrogen (secondary N) is 1. The largest absolute Gasteiger partial charge is 0.378 e. The lowest BCUT2D eigenvalue weighted by Gasteiger charge is -2.29. The van der Waals surface area contributed by atoms with Gasteiger partial charge in [0.15, 0.2) is 17.5 Å². The molecule has 2 aromatic carbocycles. The van der Waals surface area contributed by atoms with Crippen LogP contribution in [0.3, 0.4) is 0 Å². The van der Waals surface area contributed by atoms with Crippen LogP contribution < -0.4 is 15.8 Å². The summed E-state index contributed by atoms with van der Waals surface area (Å²) in [5.41, 5.74) is 2.48. The molecule has 0 bridgehead atoms. The summed E-state index contributed by atoms with van der Waals surface area (Å²) in [5.74, 6) is -3.85. The van der Waals surface area contributed by atoms with Crippen LogP contribution in [0.4, 0.5) is 30.5 Å². The van der Waals surface area contributed by atoms with Crippen LogP contribution in [0.5, 0.6) is 0 Å². The van der Waals surface area contributed by atoms with Gasteiger partial charge in [0.1, 0.15) is 0 Å². The fourth-order valence-electron chi connectivity index (χ4n) is 3.48. The van der Waals surface area contributed by atoms with Crippen molar-refractivity contribution in [3.05, 3.63) is 81.5 Å². The maximum absolute atomic E-state index is 13.6. The summed E-state index contributed by atoms with van der Waals surface area (Å²) in [5, 5.41) is 3.12. The van der Waals surface area contributed by atoms with Crippen molar-refractivity contribution in [3.63, 3.8) is 0 Å². The first-order valence-electron chi connectivity index (χ1n) is 9.82. The summed E-state index contributed by atoms with van der Waals surface area (Å²) in [6.45, 7) is 4.93. The molecule has 1 N–H and O–H groups in total. The number of hydrogen-bond acceptors (Lipinski definition) is 5. The molecule has 0 saturated carbocycles. The minimum atomic E-state index is -1.52. The zero-order valence-electron chi connectivity index (χ0n) is 16.9. The Labute approximate surface area is 176 Å². The molecule has 2 heterocycles. The van der Waals surface area contributed by atoms with Gasteiger partial charge in [-0.05, 0) is 48.4 Å². The highest BCUT2D eigenvalue weighted by Gasteiger charge is 2.14. The van der Waals surface area contributed by atoms with Gasteiger partial charge in [0.25, 0.3) is 5.56 Å². The lowest BCUT2D eigenvalue weighted by atomic mass is 10.1. The number of ether oxygens (including phenoxy) is 1. The van der Waals surface area contributed by atoms with Crippen molar-refractivity contribution in [1.29, 1.82) is 0 Å². The molecule has 4 rings (SSSR count). The number of rotatable bonds is 5. The fourth-order valence-corrected chi connectivity index (χ4v) is 3.48. The Morgan fingerprint density at radius 1 is 1.06 bits per heavy atom. The standard InChI is InChI=1S/C22H21F3N4O2/c1-14-10-16(28-6-8-31-9-7-28)2-3-19(14)26-22-27-20(30)4-5-29(22)13-15-11-17(23)21(25)18(24)12-15/h2-5,10-12H,6-9,13H2,1H3,(H,26,27,30). The predicted molar refractivity (Wildman–Crippen MR) is 111 cm³/mol. The number of nitrogens with zero attached hydrogens (tertiary/aromatic N) is 3. The van der Waals surface area contributed by atoms with Gasteiger partial charge in [-0.3, -0.25) is 4.79 Å². The Hall–Kier alpha value is -3.33. The molecule has 1 saturated heterocycles. The Bertz CT molecular complexity index is 1140. The van der Waals surface area contributed by atoms with Crippen molar-refractivity contribution < 1.29 is 17.9 Å². The summed E-state index contributed by atoms with van der Waals surface area (Å²) < 4.78 is 47.3. The van der Waals surface area contributed by atoms with Gasteiger partial charge in [0.2, 0.25) is 5.95 Å². The molecule has 1 aliphatic heterocycles. The van der Waals surface area contributed by atoms with Crippen LogP contribution in [0, 0.1) is 24.4 Å². The molecule has 0 unspecified atom stereocenters. The number of halogens is 3. The predicted octanol–water partition coefficient (Wildman–Crippen LogP) is 3.60. The molecule has 0 radical (unpaired) electrons. The minimum absolute atomic E-state index is 0.00532. The molecule has 0 spiro atoms. The van der Waals surface area contributed by atoms with E-state index in [1.807, 2.05) is 25.1 Å². The fraction of sp³-hybridized carbons (Fsp3) is 0.273. The average Bonchev–Trinajstić information content (AvgIpc) is 2.76. The van der Waals surface area contributed by atoms with E-state index in [0.29, 0.717) is 13.2 Å². The average molecular weight is 430 g/mol. The first-order chi connectivity index (χ1) is 14.9. The van der Waals surface area contributed by atoms with Gasteiger partial charge in [-0.25, -0.2) is 13.2 Å². The molecule has 1 aromatic heterocycles. The quantitative estimate of drug-likeness (QED) is 0.627. The van der Waals surface area contributed by atoms with Gasteiger partial charge in [-0.15, -0.1) is 0 Å². The third-order valence-corrected chi connectivity index (χ3v) is 5.11. The summed E-state index contributed by atoms with van der Waals surface area (Å²) in [7, 11) is 0. The second-order valence-electron chi connectivity index (χ2n) is 7.31. The number of anilines is 3. The molecule has 0 atom stereocenters. The van der Waals surface area contributed by atoms with Crippen LogP contribution >= 0.6 is 0 Å². The minimum Gasteiger partial charge on any atom is -0.378 e. The van der Waals surface area contributed by atoms with Crippen LogP contribution in [0.1, 0.15) is 11.1 Å². The molecule has 31 heavy (non-hydrogen) atoms. The van der Waals surface area contributed by atoms with E-state index in [1.165, 1.54) is 16.8 Å². The highest BCUT2D eigenvalue weighted by Crippen LogP contribution is 2.26. The molecular weight excluding hydrogens is 409 g/mol. The Morgan fingerprint density at radius 3 is 2.45 bits per heavy atom. The molecule has 1 fully saturated rings. The molecule has 162 valence electrons. The third kappa shape index (κ3) is 4.72. The molecular formula is C22H21F3N4O2. The number of morpholine rings is 1. The van der Waals surface area contributed by atoms with E-state index < -0.39 is 23.0 Å². The molecule has 9 heteroatoms. The van der Waals surface area contributed by atoms with E-state index in [0.717, 1.165) is 42.2 Å². The van der Waals surface area contributed by atoms with Gasteiger partial charge in [0, 0.05) is 36.7 Å². The van der Waals surface area contributed by atoms with Crippen LogP contribution in [0.15, 0.2) is 47.4 Å². The van der Waals surface area contributed by atoms with Gasteiger partial charge in [-0.2, -0.15) is 4.98 Å². The lowest BCUT2D eigenvalue weighted by molar-refractivity contribution is 0.122. The maximum atomic E-state index is 13.6. The normalized spacial score (nSPS) is 14.0. The topological polar surface area (TPSA) is 59.4 Å². The zero-order valence-corrected chi connectivity index (χ0v) is 16.9. The zero-order chi connectivity index (χ0) is 22.0. The van der Waals surface area contributed by atoms with Crippen LogP contribution in [0.2, 0.25) is 0 Å². The van der Waals surface area contributed by atoms with E-state index >= 15 is 0 Å². The number of benzene rings is 2. The van der Waals surface area contributed by atoms with Gasteiger partial charge in [0.05, 0.1) is 19.8 Å². The lowest BCUT2D eigenvalue weighted by Crippen LogP contribution is -2.36. The third-order valence-electron chi connectivity index (χ3n) is 5.11. The first-order valence-corrected chi connectivity index (χ1v) is 9.82. The summed E-state index contributed by atoms with van der Waals surface area (Å²) >= 11 is 0. The Kier molecular flexibility index (Phi) is 5.94. The van der Waals surface area contributed by atoms with Crippen molar-refractivity contribution in [2.45, 2.75) is 13.5 Å².